The second-order valence-corrected chi connectivity index (χ2v) is 6.40. The molecule has 1 aliphatic carbocycles. The van der Waals surface area contributed by atoms with Gasteiger partial charge in [-0.2, -0.15) is 0 Å². The summed E-state index contributed by atoms with van der Waals surface area (Å²) in [6.45, 7) is 7.03. The zero-order valence-electron chi connectivity index (χ0n) is 11.4. The van der Waals surface area contributed by atoms with E-state index in [4.69, 9.17) is 0 Å². The molecule has 100 valence electrons. The fourth-order valence-electron chi connectivity index (χ4n) is 3.55. The first-order valence-corrected chi connectivity index (χ1v) is 7.15. The maximum absolute atomic E-state index is 12.6. The van der Waals surface area contributed by atoms with Gasteiger partial charge in [-0.15, -0.1) is 0 Å². The summed E-state index contributed by atoms with van der Waals surface area (Å²) in [7, 11) is 0. The van der Waals surface area contributed by atoms with Crippen LogP contribution in [0.25, 0.3) is 0 Å². The van der Waals surface area contributed by atoms with Crippen molar-refractivity contribution in [2.24, 2.45) is 11.8 Å². The summed E-state index contributed by atoms with van der Waals surface area (Å²) in [5.41, 5.74) is 0. The molecule has 4 nitrogen and oxygen atoms in total. The van der Waals surface area contributed by atoms with Crippen molar-refractivity contribution in [1.82, 2.24) is 9.80 Å². The lowest BCUT2D eigenvalue weighted by Crippen LogP contribution is -2.65. The maximum atomic E-state index is 12.6. The normalized spacial score (nSPS) is 39.6. The quantitative estimate of drug-likeness (QED) is 0.740. The van der Waals surface area contributed by atoms with Gasteiger partial charge in [-0.05, 0) is 31.1 Å². The first-order valence-electron chi connectivity index (χ1n) is 7.15. The van der Waals surface area contributed by atoms with Crippen molar-refractivity contribution in [3.05, 3.63) is 0 Å². The number of hydrogen-bond acceptors (Lipinski definition) is 2. The fourth-order valence-corrected chi connectivity index (χ4v) is 3.55. The number of carbonyl (C=O) groups excluding carboxylic acids is 2. The summed E-state index contributed by atoms with van der Waals surface area (Å²) in [6, 6.07) is -0.0568. The molecule has 4 unspecified atom stereocenters. The fraction of sp³-hybridized carbons (Fsp3) is 0.857. The summed E-state index contributed by atoms with van der Waals surface area (Å²) in [6.07, 6.45) is 2.89. The van der Waals surface area contributed by atoms with Gasteiger partial charge in [-0.1, -0.05) is 20.8 Å². The zero-order valence-corrected chi connectivity index (χ0v) is 11.4. The molecule has 0 N–H and O–H groups in total. The lowest BCUT2D eigenvalue weighted by Gasteiger charge is -2.44. The predicted molar refractivity (Wildman–Crippen MR) is 67.8 cm³/mol. The number of hydrogen-bond donors (Lipinski definition) is 0. The van der Waals surface area contributed by atoms with E-state index in [-0.39, 0.29) is 29.8 Å². The van der Waals surface area contributed by atoms with Crippen LogP contribution in [-0.4, -0.2) is 46.3 Å². The molecule has 2 saturated heterocycles. The van der Waals surface area contributed by atoms with E-state index in [2.05, 4.69) is 6.92 Å². The van der Waals surface area contributed by atoms with Gasteiger partial charge in [0.05, 0.1) is 0 Å². The highest BCUT2D eigenvalue weighted by atomic mass is 16.2. The van der Waals surface area contributed by atoms with Crippen LogP contribution in [0.1, 0.15) is 40.0 Å². The predicted octanol–water partition coefficient (Wildman–Crippen LogP) is 1.25. The van der Waals surface area contributed by atoms with Gasteiger partial charge in [0.1, 0.15) is 12.1 Å². The Bertz CT molecular complexity index is 393. The van der Waals surface area contributed by atoms with Gasteiger partial charge in [-0.3, -0.25) is 9.59 Å². The highest BCUT2D eigenvalue weighted by molar-refractivity contribution is 5.98. The van der Waals surface area contributed by atoms with Crippen LogP contribution < -0.4 is 0 Å². The Morgan fingerprint density at radius 2 is 1.89 bits per heavy atom. The molecule has 4 atom stereocenters. The Morgan fingerprint density at radius 3 is 2.44 bits per heavy atom. The Morgan fingerprint density at radius 1 is 1.22 bits per heavy atom. The molecule has 3 fully saturated rings. The Kier molecular flexibility index (Phi) is 2.65. The second-order valence-electron chi connectivity index (χ2n) is 6.40. The molecule has 0 spiro atoms. The van der Waals surface area contributed by atoms with Crippen LogP contribution in [0, 0.1) is 11.8 Å². The molecule has 2 amide bonds. The Hall–Kier alpha value is -1.06. The van der Waals surface area contributed by atoms with Gasteiger partial charge >= 0.3 is 0 Å². The van der Waals surface area contributed by atoms with Crippen LogP contribution in [0.3, 0.4) is 0 Å². The molecule has 0 radical (unpaired) electrons. The van der Waals surface area contributed by atoms with E-state index in [1.807, 2.05) is 23.6 Å². The largest absolute Gasteiger partial charge is 0.329 e. The number of amides is 2. The lowest BCUT2D eigenvalue weighted by atomic mass is 9.95. The van der Waals surface area contributed by atoms with Crippen molar-refractivity contribution in [2.75, 3.05) is 6.54 Å². The van der Waals surface area contributed by atoms with Crippen LogP contribution in [-0.2, 0) is 9.59 Å². The molecule has 0 aromatic rings. The number of rotatable bonds is 2. The van der Waals surface area contributed by atoms with Crippen LogP contribution in [0.2, 0.25) is 0 Å². The Labute approximate surface area is 108 Å². The minimum atomic E-state index is -0.221. The maximum Gasteiger partial charge on any atom is 0.246 e. The minimum Gasteiger partial charge on any atom is -0.329 e. The van der Waals surface area contributed by atoms with Crippen molar-refractivity contribution < 1.29 is 9.59 Å². The van der Waals surface area contributed by atoms with Crippen molar-refractivity contribution in [2.45, 2.75) is 58.2 Å². The summed E-state index contributed by atoms with van der Waals surface area (Å²) in [4.78, 5) is 29.0. The Balaban J connectivity index is 1.93. The molecule has 0 bridgehead atoms. The van der Waals surface area contributed by atoms with Gasteiger partial charge in [0.2, 0.25) is 11.8 Å². The zero-order chi connectivity index (χ0) is 13.0. The van der Waals surface area contributed by atoms with Gasteiger partial charge in [0, 0.05) is 12.6 Å². The SMILES string of the molecule is CC(C)C1C(=O)N2CCCC2C(=O)N1C1CC1C. The van der Waals surface area contributed by atoms with Gasteiger partial charge < -0.3 is 9.80 Å². The molecule has 2 heterocycles. The summed E-state index contributed by atoms with van der Waals surface area (Å²) in [5.74, 6) is 1.16. The van der Waals surface area contributed by atoms with Crippen molar-refractivity contribution in [3.63, 3.8) is 0 Å². The van der Waals surface area contributed by atoms with Crippen LogP contribution in [0.4, 0.5) is 0 Å². The first kappa shape index (κ1) is 12.0. The van der Waals surface area contributed by atoms with E-state index in [1.54, 1.807) is 0 Å². The van der Waals surface area contributed by atoms with Crippen molar-refractivity contribution >= 4 is 11.8 Å². The molecule has 3 aliphatic rings. The molecule has 0 aromatic carbocycles. The molecule has 0 aromatic heterocycles. The second kappa shape index (κ2) is 3.97. The van der Waals surface area contributed by atoms with Crippen LogP contribution in [0.5, 0.6) is 0 Å². The number of piperazine rings is 1. The third kappa shape index (κ3) is 1.57. The molecular formula is C14H22N2O2. The monoisotopic (exact) mass is 250 g/mol. The topological polar surface area (TPSA) is 40.6 Å². The number of nitrogens with zero attached hydrogens (tertiary/aromatic N) is 2. The third-order valence-corrected chi connectivity index (χ3v) is 4.68. The molecule has 2 aliphatic heterocycles. The minimum absolute atomic E-state index is 0.153. The van der Waals surface area contributed by atoms with Crippen LogP contribution >= 0.6 is 0 Å². The van der Waals surface area contributed by atoms with Gasteiger partial charge in [0.25, 0.3) is 0 Å². The van der Waals surface area contributed by atoms with E-state index in [0.717, 1.165) is 25.8 Å². The average Bonchev–Trinajstić information content (AvgIpc) is 2.83. The summed E-state index contributed by atoms with van der Waals surface area (Å²) < 4.78 is 0. The molecule has 4 heteroatoms. The van der Waals surface area contributed by atoms with E-state index in [1.165, 1.54) is 0 Å². The number of fused-ring (bicyclic) bond motifs is 1. The van der Waals surface area contributed by atoms with E-state index in [0.29, 0.717) is 12.0 Å². The standard InChI is InChI=1S/C14H22N2O2/c1-8(2)12-14(18)15-6-4-5-10(15)13(17)16(12)11-7-9(11)3/h8-12H,4-7H2,1-3H3. The smallest absolute Gasteiger partial charge is 0.246 e. The van der Waals surface area contributed by atoms with E-state index in [9.17, 15) is 9.59 Å². The molecular weight excluding hydrogens is 228 g/mol. The average molecular weight is 250 g/mol. The highest BCUT2D eigenvalue weighted by Gasteiger charge is 2.54. The van der Waals surface area contributed by atoms with E-state index < -0.39 is 0 Å². The van der Waals surface area contributed by atoms with Gasteiger partial charge in [-0.25, -0.2) is 0 Å². The van der Waals surface area contributed by atoms with Crippen LogP contribution in [0.15, 0.2) is 0 Å². The lowest BCUT2D eigenvalue weighted by molar-refractivity contribution is -0.162. The van der Waals surface area contributed by atoms with Gasteiger partial charge in [0.15, 0.2) is 0 Å². The van der Waals surface area contributed by atoms with E-state index >= 15 is 0 Å². The molecule has 18 heavy (non-hydrogen) atoms. The summed E-state index contributed by atoms with van der Waals surface area (Å²) in [5, 5.41) is 0. The highest BCUT2D eigenvalue weighted by Crippen LogP contribution is 2.41. The molecule has 1 saturated carbocycles. The number of carbonyl (C=O) groups is 2. The molecule has 3 rings (SSSR count). The third-order valence-electron chi connectivity index (χ3n) is 4.68. The first-order chi connectivity index (χ1) is 8.52. The summed E-state index contributed by atoms with van der Waals surface area (Å²) >= 11 is 0. The van der Waals surface area contributed by atoms with Crippen molar-refractivity contribution in [3.8, 4) is 0 Å². The van der Waals surface area contributed by atoms with Crippen molar-refractivity contribution in [1.29, 1.82) is 0 Å².